The Bertz CT molecular complexity index is 852. The molecule has 0 saturated carbocycles. The van der Waals surface area contributed by atoms with Crippen molar-refractivity contribution in [3.8, 4) is 5.75 Å². The number of methoxy groups -OCH3 is 1. The number of aliphatic hydroxyl groups is 1. The number of hydrogen-bond donors (Lipinski definition) is 1. The zero-order chi connectivity index (χ0) is 18.2. The molecule has 2 atom stereocenters. The Hall–Kier alpha value is -1.48. The van der Waals surface area contributed by atoms with Crippen LogP contribution in [0, 0.1) is 18.7 Å². The van der Waals surface area contributed by atoms with Crippen molar-refractivity contribution in [2.45, 2.75) is 17.7 Å². The Morgan fingerprint density at radius 2 is 2.12 bits per heavy atom. The van der Waals surface area contributed by atoms with E-state index in [4.69, 9.17) is 4.74 Å². The molecule has 25 heavy (non-hydrogen) atoms. The molecule has 0 amide bonds. The monoisotopic (exact) mass is 385 g/mol. The summed E-state index contributed by atoms with van der Waals surface area (Å²) in [5.41, 5.74) is 1.07. The van der Waals surface area contributed by atoms with Gasteiger partial charge in [-0.05, 0) is 41.4 Å². The van der Waals surface area contributed by atoms with E-state index < -0.39 is 15.8 Å². The predicted molar refractivity (Wildman–Crippen MR) is 94.1 cm³/mol. The highest BCUT2D eigenvalue weighted by molar-refractivity contribution is 7.89. The fourth-order valence-corrected chi connectivity index (χ4v) is 5.76. The van der Waals surface area contributed by atoms with Crippen LogP contribution in [0.1, 0.15) is 17.0 Å². The van der Waals surface area contributed by atoms with E-state index in [0.717, 1.165) is 5.56 Å². The van der Waals surface area contributed by atoms with Crippen LogP contribution in [0.25, 0.3) is 0 Å². The molecule has 1 saturated heterocycles. The normalized spacial score (nSPS) is 21.6. The zero-order valence-corrected chi connectivity index (χ0v) is 15.6. The summed E-state index contributed by atoms with van der Waals surface area (Å²) < 4.78 is 46.6. The van der Waals surface area contributed by atoms with Gasteiger partial charge in [-0.1, -0.05) is 0 Å². The van der Waals surface area contributed by atoms with Crippen molar-refractivity contribution in [1.29, 1.82) is 0 Å². The average Bonchev–Trinajstić information content (AvgIpc) is 3.25. The molecule has 0 spiro atoms. The quantitative estimate of drug-likeness (QED) is 0.859. The minimum absolute atomic E-state index is 0.0160. The highest BCUT2D eigenvalue weighted by atomic mass is 32.2. The van der Waals surface area contributed by atoms with Crippen molar-refractivity contribution >= 4 is 21.4 Å². The van der Waals surface area contributed by atoms with Gasteiger partial charge in [0.2, 0.25) is 10.0 Å². The maximum atomic E-state index is 14.3. The summed E-state index contributed by atoms with van der Waals surface area (Å²) in [6.07, 6.45) is 0. The number of ether oxygens (including phenoxy) is 1. The second-order valence-corrected chi connectivity index (χ2v) is 8.82. The van der Waals surface area contributed by atoms with Crippen molar-refractivity contribution < 1.29 is 22.7 Å². The molecular formula is C17H20FNO4S2. The van der Waals surface area contributed by atoms with E-state index in [9.17, 15) is 17.9 Å². The largest absolute Gasteiger partial charge is 0.494 e. The first-order chi connectivity index (χ1) is 11.9. The van der Waals surface area contributed by atoms with Gasteiger partial charge >= 0.3 is 0 Å². The summed E-state index contributed by atoms with van der Waals surface area (Å²) in [6.45, 7) is 1.83. The number of halogens is 1. The number of thiophene rings is 1. The van der Waals surface area contributed by atoms with Gasteiger partial charge in [0.15, 0.2) is 11.6 Å². The predicted octanol–water partition coefficient (Wildman–Crippen LogP) is 2.60. The van der Waals surface area contributed by atoms with E-state index in [1.165, 1.54) is 41.8 Å². The molecule has 1 N–H and O–H groups in total. The summed E-state index contributed by atoms with van der Waals surface area (Å²) in [5, 5.41) is 13.6. The molecule has 1 aliphatic rings. The van der Waals surface area contributed by atoms with E-state index in [-0.39, 0.29) is 47.7 Å². The van der Waals surface area contributed by atoms with Crippen LogP contribution in [0.3, 0.4) is 0 Å². The molecule has 2 heterocycles. The highest BCUT2D eigenvalue weighted by Crippen LogP contribution is 2.37. The summed E-state index contributed by atoms with van der Waals surface area (Å²) >= 11 is 1.54. The summed E-state index contributed by atoms with van der Waals surface area (Å²) in [4.78, 5) is -0.0616. The molecule has 1 aromatic heterocycles. The number of hydrogen-bond acceptors (Lipinski definition) is 5. The molecule has 0 aliphatic carbocycles. The molecule has 5 nitrogen and oxygen atoms in total. The van der Waals surface area contributed by atoms with Crippen LogP contribution in [0.5, 0.6) is 5.75 Å². The first kappa shape index (κ1) is 18.3. The standard InChI is InChI=1S/C17H20FNO4S2/c1-11-16(4-3-15(23-2)17(11)18)25(21,22)19-7-13(9-20)14(8-19)12-5-6-24-10-12/h3-6,10,13-14,20H,7-9H2,1-2H3/t13-,14+/m1/s1. The Morgan fingerprint density at radius 1 is 1.36 bits per heavy atom. The summed E-state index contributed by atoms with van der Waals surface area (Å²) in [5.74, 6) is -0.889. The molecule has 2 aromatic rings. The number of rotatable bonds is 5. The lowest BCUT2D eigenvalue weighted by Crippen LogP contribution is -2.30. The van der Waals surface area contributed by atoms with Crippen molar-refractivity contribution in [1.82, 2.24) is 4.31 Å². The van der Waals surface area contributed by atoms with Crippen LogP contribution >= 0.6 is 11.3 Å². The lowest BCUT2D eigenvalue weighted by molar-refractivity contribution is 0.223. The fourth-order valence-electron chi connectivity index (χ4n) is 3.30. The van der Waals surface area contributed by atoms with Crippen LogP contribution in [0.15, 0.2) is 33.9 Å². The third kappa shape index (κ3) is 3.19. The number of nitrogens with zero attached hydrogens (tertiary/aromatic N) is 1. The molecule has 0 radical (unpaired) electrons. The molecule has 1 aliphatic heterocycles. The topological polar surface area (TPSA) is 66.8 Å². The highest BCUT2D eigenvalue weighted by Gasteiger charge is 2.40. The van der Waals surface area contributed by atoms with Gasteiger partial charge in [-0.25, -0.2) is 12.8 Å². The van der Waals surface area contributed by atoms with Crippen molar-refractivity contribution in [2.24, 2.45) is 5.92 Å². The molecule has 8 heteroatoms. The van der Waals surface area contributed by atoms with Gasteiger partial charge in [-0.3, -0.25) is 0 Å². The van der Waals surface area contributed by atoms with E-state index in [0.29, 0.717) is 0 Å². The van der Waals surface area contributed by atoms with E-state index in [1.807, 2.05) is 16.8 Å². The molecule has 0 unspecified atom stereocenters. The lowest BCUT2D eigenvalue weighted by Gasteiger charge is -2.19. The first-order valence-corrected chi connectivity index (χ1v) is 10.2. The maximum absolute atomic E-state index is 14.3. The first-order valence-electron chi connectivity index (χ1n) is 7.86. The summed E-state index contributed by atoms with van der Waals surface area (Å²) in [7, 11) is -2.52. The van der Waals surface area contributed by atoms with Crippen LogP contribution < -0.4 is 4.74 Å². The molecule has 0 bridgehead atoms. The van der Waals surface area contributed by atoms with Crippen LogP contribution in [0.4, 0.5) is 4.39 Å². The van der Waals surface area contributed by atoms with Crippen molar-refractivity contribution in [3.63, 3.8) is 0 Å². The van der Waals surface area contributed by atoms with Crippen LogP contribution in [-0.4, -0.2) is 44.6 Å². The second-order valence-electron chi connectivity index (χ2n) is 6.13. The van der Waals surface area contributed by atoms with Gasteiger partial charge in [0.05, 0.1) is 12.0 Å². The molecule has 136 valence electrons. The van der Waals surface area contributed by atoms with Crippen molar-refractivity contribution in [3.05, 3.63) is 45.9 Å². The third-order valence-corrected chi connectivity index (χ3v) is 7.43. The SMILES string of the molecule is COc1ccc(S(=O)(=O)N2C[C@H](CO)[C@H](c3ccsc3)C2)c(C)c1F. The maximum Gasteiger partial charge on any atom is 0.243 e. The smallest absolute Gasteiger partial charge is 0.243 e. The molecule has 3 rings (SSSR count). The second kappa shape index (κ2) is 7.03. The van der Waals surface area contributed by atoms with E-state index >= 15 is 0 Å². The van der Waals surface area contributed by atoms with Crippen molar-refractivity contribution in [2.75, 3.05) is 26.8 Å². The minimum atomic E-state index is -3.85. The van der Waals surface area contributed by atoms with Crippen LogP contribution in [-0.2, 0) is 10.0 Å². The Balaban J connectivity index is 1.95. The van der Waals surface area contributed by atoms with Gasteiger partial charge in [-0.15, -0.1) is 0 Å². The Labute approximate surface area is 150 Å². The fraction of sp³-hybridized carbons (Fsp3) is 0.412. The van der Waals surface area contributed by atoms with Gasteiger partial charge in [0.25, 0.3) is 0 Å². The molecule has 1 aromatic carbocycles. The van der Waals surface area contributed by atoms with Gasteiger partial charge in [0, 0.05) is 37.1 Å². The van der Waals surface area contributed by atoms with E-state index in [2.05, 4.69) is 0 Å². The van der Waals surface area contributed by atoms with Crippen LogP contribution in [0.2, 0.25) is 0 Å². The van der Waals surface area contributed by atoms with Gasteiger partial charge in [0.1, 0.15) is 0 Å². The average molecular weight is 385 g/mol. The minimum Gasteiger partial charge on any atom is -0.494 e. The number of benzene rings is 1. The van der Waals surface area contributed by atoms with Gasteiger partial charge < -0.3 is 9.84 Å². The Kier molecular flexibility index (Phi) is 5.15. The lowest BCUT2D eigenvalue weighted by atomic mass is 9.92. The van der Waals surface area contributed by atoms with E-state index in [1.54, 1.807) is 0 Å². The number of aliphatic hydroxyl groups excluding tert-OH is 1. The zero-order valence-electron chi connectivity index (χ0n) is 14.0. The Morgan fingerprint density at radius 3 is 2.72 bits per heavy atom. The third-order valence-electron chi connectivity index (χ3n) is 4.75. The molecule has 1 fully saturated rings. The summed E-state index contributed by atoms with van der Waals surface area (Å²) in [6, 6.07) is 4.65. The number of sulfonamides is 1. The molecular weight excluding hydrogens is 365 g/mol. The van der Waals surface area contributed by atoms with Gasteiger partial charge in [-0.2, -0.15) is 15.6 Å².